The van der Waals surface area contributed by atoms with Gasteiger partial charge in [-0.25, -0.2) is 4.98 Å². The largest absolute Gasteiger partial charge is 0.339 e. The smallest absolute Gasteiger partial charge is 0.259 e. The molecule has 0 bridgehead atoms. The maximum Gasteiger partial charge on any atom is 0.259 e. The van der Waals surface area contributed by atoms with Crippen molar-refractivity contribution in [3.05, 3.63) is 47.0 Å². The fraction of sp³-hybridized carbons (Fsp3) is 0.381. The monoisotopic (exact) mass is 394 g/mol. The van der Waals surface area contributed by atoms with E-state index < -0.39 is 0 Å². The van der Waals surface area contributed by atoms with Crippen molar-refractivity contribution < 1.29 is 4.79 Å². The van der Waals surface area contributed by atoms with Crippen LogP contribution in [-0.2, 0) is 11.3 Å². The highest BCUT2D eigenvalue weighted by atomic mass is 32.2. The summed E-state index contributed by atoms with van der Waals surface area (Å²) in [6, 6.07) is 8.45. The van der Waals surface area contributed by atoms with Crippen molar-refractivity contribution >= 4 is 28.6 Å². The Kier molecular flexibility index (Phi) is 4.27. The summed E-state index contributed by atoms with van der Waals surface area (Å²) in [4.78, 5) is 35.6. The maximum absolute atomic E-state index is 12.7. The molecule has 0 spiro atoms. The minimum Gasteiger partial charge on any atom is -0.339 e. The van der Waals surface area contributed by atoms with Crippen LogP contribution in [0.25, 0.3) is 22.3 Å². The molecule has 3 aromatic rings. The standard InChI is InChI=1S/C21H22N4O2S/c1-28-16-5-2-14-9-17(21(27)23-18(14)10-16)20-22-6-7-24(20)11-13-8-19(26)25(12-13)15-3-4-15/h2,5-7,9-10,13,15H,3-4,8,11-12H2,1H3,(H,23,27). The van der Waals surface area contributed by atoms with Crippen LogP contribution in [0.3, 0.4) is 0 Å². The van der Waals surface area contributed by atoms with Crippen LogP contribution in [0.5, 0.6) is 0 Å². The molecule has 1 atom stereocenters. The van der Waals surface area contributed by atoms with Gasteiger partial charge in [-0.05, 0) is 42.7 Å². The number of thioether (sulfide) groups is 1. The van der Waals surface area contributed by atoms with E-state index in [1.165, 1.54) is 0 Å². The van der Waals surface area contributed by atoms with Gasteiger partial charge >= 0.3 is 0 Å². The van der Waals surface area contributed by atoms with E-state index >= 15 is 0 Å². The van der Waals surface area contributed by atoms with Crippen molar-refractivity contribution in [1.29, 1.82) is 0 Å². The molecule has 1 N–H and O–H groups in total. The van der Waals surface area contributed by atoms with E-state index in [2.05, 4.69) is 16.0 Å². The number of hydrogen-bond acceptors (Lipinski definition) is 4. The lowest BCUT2D eigenvalue weighted by Crippen LogP contribution is -2.27. The van der Waals surface area contributed by atoms with Gasteiger partial charge in [-0.3, -0.25) is 9.59 Å². The first-order valence-electron chi connectivity index (χ1n) is 9.64. The molecule has 1 unspecified atom stereocenters. The van der Waals surface area contributed by atoms with Gasteiger partial charge in [0.15, 0.2) is 0 Å². The molecule has 5 rings (SSSR count). The molecule has 3 heterocycles. The first-order chi connectivity index (χ1) is 13.6. The number of nitrogens with one attached hydrogen (secondary N) is 1. The Morgan fingerprint density at radius 2 is 2.11 bits per heavy atom. The first kappa shape index (κ1) is 17.6. The van der Waals surface area contributed by atoms with E-state index in [1.807, 2.05) is 40.1 Å². The maximum atomic E-state index is 12.7. The molecule has 0 radical (unpaired) electrons. The number of fused-ring (bicyclic) bond motifs is 1. The molecule has 1 saturated carbocycles. The summed E-state index contributed by atoms with van der Waals surface area (Å²) in [5.74, 6) is 1.20. The Hall–Kier alpha value is -2.54. The Bertz CT molecular complexity index is 1120. The van der Waals surface area contributed by atoms with Crippen molar-refractivity contribution in [1.82, 2.24) is 19.4 Å². The van der Waals surface area contributed by atoms with Crippen LogP contribution in [-0.4, -0.2) is 44.2 Å². The van der Waals surface area contributed by atoms with Crippen LogP contribution in [0.2, 0.25) is 0 Å². The number of carbonyl (C=O) groups is 1. The van der Waals surface area contributed by atoms with Gasteiger partial charge in [-0.15, -0.1) is 11.8 Å². The molecular weight excluding hydrogens is 372 g/mol. The number of benzene rings is 1. The van der Waals surface area contributed by atoms with Crippen LogP contribution < -0.4 is 5.56 Å². The highest BCUT2D eigenvalue weighted by Gasteiger charge is 2.39. The number of imidazole rings is 1. The Morgan fingerprint density at radius 1 is 1.25 bits per heavy atom. The molecule has 2 aromatic heterocycles. The van der Waals surface area contributed by atoms with Gasteiger partial charge in [-0.1, -0.05) is 6.07 Å². The Labute approximate surface area is 167 Å². The number of rotatable bonds is 5. The fourth-order valence-corrected chi connectivity index (χ4v) is 4.56. The van der Waals surface area contributed by atoms with Crippen LogP contribution in [0.15, 0.2) is 46.3 Å². The predicted octanol–water partition coefficient (Wildman–Crippen LogP) is 3.12. The number of hydrogen-bond donors (Lipinski definition) is 1. The fourth-order valence-electron chi connectivity index (χ4n) is 4.12. The summed E-state index contributed by atoms with van der Waals surface area (Å²) < 4.78 is 2.01. The topological polar surface area (TPSA) is 71.0 Å². The predicted molar refractivity (Wildman–Crippen MR) is 110 cm³/mol. The third-order valence-electron chi connectivity index (χ3n) is 5.69. The zero-order valence-corrected chi connectivity index (χ0v) is 16.5. The number of nitrogens with zero attached hydrogens (tertiary/aromatic N) is 3. The number of amides is 1. The van der Waals surface area contributed by atoms with E-state index in [0.29, 0.717) is 30.4 Å². The summed E-state index contributed by atoms with van der Waals surface area (Å²) in [5, 5.41) is 0.984. The van der Waals surface area contributed by atoms with Crippen LogP contribution in [0.1, 0.15) is 19.3 Å². The highest BCUT2D eigenvalue weighted by molar-refractivity contribution is 7.98. The lowest BCUT2D eigenvalue weighted by molar-refractivity contribution is -0.128. The van der Waals surface area contributed by atoms with Crippen molar-refractivity contribution in [2.45, 2.75) is 36.7 Å². The summed E-state index contributed by atoms with van der Waals surface area (Å²) in [6.07, 6.45) is 8.51. The molecule has 1 amide bonds. The molecule has 7 heteroatoms. The number of aromatic amines is 1. The number of likely N-dealkylation sites (tertiary alicyclic amines) is 1. The molecule has 1 aliphatic carbocycles. The second kappa shape index (κ2) is 6.81. The molecule has 6 nitrogen and oxygen atoms in total. The van der Waals surface area contributed by atoms with Gasteiger partial charge in [0.2, 0.25) is 5.91 Å². The van der Waals surface area contributed by atoms with Crippen LogP contribution >= 0.6 is 11.8 Å². The quantitative estimate of drug-likeness (QED) is 0.675. The number of pyridine rings is 1. The minimum atomic E-state index is -0.139. The average Bonchev–Trinajstić information content (AvgIpc) is 3.33. The van der Waals surface area contributed by atoms with Gasteiger partial charge in [0, 0.05) is 54.3 Å². The van der Waals surface area contributed by atoms with E-state index in [9.17, 15) is 9.59 Å². The normalized spacial score (nSPS) is 19.7. The van der Waals surface area contributed by atoms with Crippen molar-refractivity contribution in [3.63, 3.8) is 0 Å². The van der Waals surface area contributed by atoms with Crippen LogP contribution in [0.4, 0.5) is 0 Å². The summed E-state index contributed by atoms with van der Waals surface area (Å²) >= 11 is 1.65. The van der Waals surface area contributed by atoms with E-state index in [4.69, 9.17) is 0 Å². The van der Waals surface area contributed by atoms with Crippen molar-refractivity contribution in [2.75, 3.05) is 12.8 Å². The second-order valence-electron chi connectivity index (χ2n) is 7.72. The lowest BCUT2D eigenvalue weighted by Gasteiger charge is -2.16. The molecular formula is C21H22N4O2S. The zero-order valence-electron chi connectivity index (χ0n) is 15.7. The van der Waals surface area contributed by atoms with E-state index in [-0.39, 0.29) is 17.4 Å². The third-order valence-corrected chi connectivity index (χ3v) is 6.42. The van der Waals surface area contributed by atoms with E-state index in [0.717, 1.165) is 35.2 Å². The third kappa shape index (κ3) is 3.13. The van der Waals surface area contributed by atoms with Crippen molar-refractivity contribution in [3.8, 4) is 11.4 Å². The van der Waals surface area contributed by atoms with Crippen LogP contribution in [0, 0.1) is 5.92 Å². The van der Waals surface area contributed by atoms with Gasteiger partial charge in [0.25, 0.3) is 5.56 Å². The molecule has 1 saturated heterocycles. The zero-order chi connectivity index (χ0) is 19.3. The Morgan fingerprint density at radius 3 is 2.89 bits per heavy atom. The average molecular weight is 395 g/mol. The van der Waals surface area contributed by atoms with E-state index in [1.54, 1.807) is 18.0 Å². The van der Waals surface area contributed by atoms with Gasteiger partial charge < -0.3 is 14.5 Å². The van der Waals surface area contributed by atoms with Gasteiger partial charge in [0.05, 0.1) is 5.56 Å². The summed E-state index contributed by atoms with van der Waals surface area (Å²) in [6.45, 7) is 1.51. The summed E-state index contributed by atoms with van der Waals surface area (Å²) in [5.41, 5.74) is 1.26. The second-order valence-corrected chi connectivity index (χ2v) is 8.60. The highest BCUT2D eigenvalue weighted by Crippen LogP contribution is 2.33. The molecule has 2 aliphatic rings. The minimum absolute atomic E-state index is 0.139. The molecule has 1 aromatic carbocycles. The van der Waals surface area contributed by atoms with Gasteiger partial charge in [-0.2, -0.15) is 0 Å². The molecule has 2 fully saturated rings. The molecule has 144 valence electrons. The first-order valence-corrected chi connectivity index (χ1v) is 10.9. The lowest BCUT2D eigenvalue weighted by atomic mass is 10.1. The molecule has 28 heavy (non-hydrogen) atoms. The van der Waals surface area contributed by atoms with Crippen molar-refractivity contribution in [2.24, 2.45) is 5.92 Å². The number of carbonyl (C=O) groups excluding carboxylic acids is 1. The number of aromatic nitrogens is 3. The van der Waals surface area contributed by atoms with Gasteiger partial charge in [0.1, 0.15) is 5.82 Å². The Balaban J connectivity index is 1.45. The number of H-pyrrole nitrogens is 1. The SMILES string of the molecule is CSc1ccc2cc(-c3nccn3CC3CC(=O)N(C4CC4)C3)c(=O)[nH]c2c1. The summed E-state index contributed by atoms with van der Waals surface area (Å²) in [7, 11) is 0. The molecule has 1 aliphatic heterocycles.